The molecule has 0 unspecified atom stereocenters. The number of nitrogens with zero attached hydrogens (tertiary/aromatic N) is 4. The molecule has 164 valence electrons. The van der Waals surface area contributed by atoms with Crippen molar-refractivity contribution in [3.8, 4) is 0 Å². The topological polar surface area (TPSA) is 122 Å². The lowest BCUT2D eigenvalue weighted by molar-refractivity contribution is 0.0565. The van der Waals surface area contributed by atoms with Crippen LogP contribution in [0, 0.1) is 0 Å². The Morgan fingerprint density at radius 2 is 2.03 bits per heavy atom. The van der Waals surface area contributed by atoms with Crippen molar-refractivity contribution >= 4 is 33.0 Å². The summed E-state index contributed by atoms with van der Waals surface area (Å²) in [4.78, 5) is 24.8. The van der Waals surface area contributed by atoms with E-state index in [2.05, 4.69) is 25.8 Å². The number of carbonyl (C=O) groups is 1. The van der Waals surface area contributed by atoms with Gasteiger partial charge in [-0.05, 0) is 36.5 Å². The van der Waals surface area contributed by atoms with E-state index in [1.807, 2.05) is 12.3 Å². The Morgan fingerprint density at radius 1 is 1.26 bits per heavy atom. The van der Waals surface area contributed by atoms with E-state index < -0.39 is 21.2 Å². The second kappa shape index (κ2) is 7.65. The van der Waals surface area contributed by atoms with Crippen LogP contribution < -0.4 is 4.90 Å². The zero-order valence-corrected chi connectivity index (χ0v) is 17.8. The van der Waals surface area contributed by atoms with E-state index in [0.717, 1.165) is 23.9 Å². The van der Waals surface area contributed by atoms with E-state index in [0.29, 0.717) is 19.0 Å². The van der Waals surface area contributed by atoms with Crippen molar-refractivity contribution in [3.63, 3.8) is 0 Å². The smallest absolute Gasteiger partial charge is 0.375 e. The maximum Gasteiger partial charge on any atom is 0.375 e. The first-order chi connectivity index (χ1) is 15.0. The summed E-state index contributed by atoms with van der Waals surface area (Å²) in [5, 5.41) is 0.602. The summed E-state index contributed by atoms with van der Waals surface area (Å²) in [6.07, 6.45) is 6.59. The first-order valence-electron chi connectivity index (χ1n) is 10.2. The van der Waals surface area contributed by atoms with Crippen molar-refractivity contribution in [2.24, 2.45) is 0 Å². The number of aromatic amines is 1. The largest absolute Gasteiger partial charge is 0.463 e. The summed E-state index contributed by atoms with van der Waals surface area (Å²) in [7, 11) is -2.15. The van der Waals surface area contributed by atoms with E-state index in [9.17, 15) is 13.2 Å². The molecule has 1 N–H and O–H groups in total. The highest BCUT2D eigenvalue weighted by Gasteiger charge is 2.43. The first-order valence-corrected chi connectivity index (χ1v) is 11.7. The van der Waals surface area contributed by atoms with Crippen molar-refractivity contribution in [2.75, 3.05) is 38.2 Å². The number of esters is 1. The van der Waals surface area contributed by atoms with Crippen LogP contribution in [0.3, 0.4) is 0 Å². The molecule has 2 aliphatic rings. The molecule has 3 aromatic rings. The van der Waals surface area contributed by atoms with Gasteiger partial charge in [0.05, 0.1) is 13.3 Å². The number of rotatable bonds is 5. The minimum atomic E-state index is -3.40. The van der Waals surface area contributed by atoms with E-state index in [1.165, 1.54) is 18.9 Å². The fourth-order valence-electron chi connectivity index (χ4n) is 4.34. The lowest BCUT2D eigenvalue weighted by Crippen LogP contribution is -2.59. The van der Waals surface area contributed by atoms with Crippen LogP contribution in [0.1, 0.15) is 34.9 Å². The van der Waals surface area contributed by atoms with Crippen LogP contribution >= 0.6 is 0 Å². The Bertz CT molecular complexity index is 1210. The molecule has 0 radical (unpaired) electrons. The molecule has 31 heavy (non-hydrogen) atoms. The molecule has 0 spiro atoms. The van der Waals surface area contributed by atoms with Crippen molar-refractivity contribution in [1.82, 2.24) is 19.3 Å². The summed E-state index contributed by atoms with van der Waals surface area (Å²) >= 11 is 0. The molecule has 0 saturated carbocycles. The van der Waals surface area contributed by atoms with Crippen molar-refractivity contribution in [1.29, 1.82) is 0 Å². The van der Waals surface area contributed by atoms with Gasteiger partial charge in [-0.2, -0.15) is 0 Å². The maximum absolute atomic E-state index is 13.1. The minimum Gasteiger partial charge on any atom is -0.463 e. The molecule has 0 amide bonds. The molecule has 5 rings (SSSR count). The van der Waals surface area contributed by atoms with Gasteiger partial charge < -0.3 is 19.0 Å². The third-order valence-electron chi connectivity index (χ3n) is 6.16. The second-order valence-electron chi connectivity index (χ2n) is 7.89. The Hall–Kier alpha value is -2.92. The molecule has 0 aliphatic carbocycles. The molecule has 3 aromatic heterocycles. The lowest BCUT2D eigenvalue weighted by atomic mass is 9.90. The van der Waals surface area contributed by atoms with Gasteiger partial charge in [-0.15, -0.1) is 0 Å². The number of oxazole rings is 1. The summed E-state index contributed by atoms with van der Waals surface area (Å²) in [5.74, 6) is -0.304. The number of hydrogen-bond acceptors (Lipinski definition) is 8. The Balaban J connectivity index is 1.20. The van der Waals surface area contributed by atoms with Gasteiger partial charge in [0.15, 0.2) is 0 Å². The Morgan fingerprint density at radius 3 is 2.77 bits per heavy atom. The minimum absolute atomic E-state index is 0.00152. The molecule has 0 atom stereocenters. The summed E-state index contributed by atoms with van der Waals surface area (Å²) in [5.41, 5.74) is 2.07. The highest BCUT2D eigenvalue weighted by molar-refractivity contribution is 7.89. The van der Waals surface area contributed by atoms with Gasteiger partial charge in [0.1, 0.15) is 10.9 Å². The van der Waals surface area contributed by atoms with E-state index >= 15 is 0 Å². The predicted molar refractivity (Wildman–Crippen MR) is 112 cm³/mol. The number of fused-ring (bicyclic) bond motifs is 1. The molecule has 2 saturated heterocycles. The average Bonchev–Trinajstić information content (AvgIpc) is 3.39. The van der Waals surface area contributed by atoms with E-state index in [1.54, 1.807) is 15.4 Å². The third kappa shape index (κ3) is 3.47. The molecular formula is C20H23N5O5S. The van der Waals surface area contributed by atoms with Gasteiger partial charge in [0, 0.05) is 44.0 Å². The summed E-state index contributed by atoms with van der Waals surface area (Å²) in [6, 6.07) is 4.21. The SMILES string of the molecule is COC(=O)c1cnc(N2CC(S(=O)(=O)N3CCC(c4c[nH]c5ncccc45)CC3)C2)o1. The number of piperidine rings is 1. The molecule has 0 aromatic carbocycles. The van der Waals surface area contributed by atoms with Crippen LogP contribution in [0.4, 0.5) is 6.01 Å². The van der Waals surface area contributed by atoms with Gasteiger partial charge in [-0.3, -0.25) is 0 Å². The van der Waals surface area contributed by atoms with Gasteiger partial charge >= 0.3 is 5.97 Å². The number of hydrogen-bond donors (Lipinski definition) is 1. The van der Waals surface area contributed by atoms with E-state index in [4.69, 9.17) is 4.42 Å². The van der Waals surface area contributed by atoms with Crippen LogP contribution in [0.15, 0.2) is 35.1 Å². The van der Waals surface area contributed by atoms with Gasteiger partial charge in [-0.1, -0.05) is 0 Å². The van der Waals surface area contributed by atoms with E-state index in [-0.39, 0.29) is 24.9 Å². The van der Waals surface area contributed by atoms with Crippen LogP contribution in [-0.4, -0.2) is 72.2 Å². The molecule has 10 nitrogen and oxygen atoms in total. The van der Waals surface area contributed by atoms with Crippen molar-refractivity contribution in [3.05, 3.63) is 42.0 Å². The normalized spacial score (nSPS) is 18.9. The Kier molecular flexibility index (Phi) is 4.94. The van der Waals surface area contributed by atoms with Crippen LogP contribution in [0.25, 0.3) is 11.0 Å². The van der Waals surface area contributed by atoms with Crippen LogP contribution in [0.2, 0.25) is 0 Å². The van der Waals surface area contributed by atoms with Gasteiger partial charge in [-0.25, -0.2) is 27.5 Å². The summed E-state index contributed by atoms with van der Waals surface area (Å²) in [6.45, 7) is 1.58. The number of carbonyl (C=O) groups excluding carboxylic acids is 1. The molecule has 0 bridgehead atoms. The first kappa shape index (κ1) is 20.0. The second-order valence-corrected chi connectivity index (χ2v) is 10.1. The average molecular weight is 446 g/mol. The number of pyridine rings is 1. The fraction of sp³-hybridized carbons (Fsp3) is 0.450. The zero-order valence-electron chi connectivity index (χ0n) is 17.0. The van der Waals surface area contributed by atoms with Crippen molar-refractivity contribution < 1.29 is 22.4 Å². The van der Waals surface area contributed by atoms with Crippen LogP contribution in [-0.2, 0) is 14.8 Å². The number of aromatic nitrogens is 3. The Labute approximate surface area is 179 Å². The van der Waals surface area contributed by atoms with Crippen molar-refractivity contribution in [2.45, 2.75) is 24.0 Å². The number of nitrogens with one attached hydrogen (secondary N) is 1. The number of H-pyrrole nitrogens is 1. The molecule has 11 heteroatoms. The summed E-state index contributed by atoms with van der Waals surface area (Å²) < 4.78 is 37.7. The van der Waals surface area contributed by atoms with Gasteiger partial charge in [0.25, 0.3) is 6.01 Å². The molecule has 5 heterocycles. The number of anilines is 1. The number of sulfonamides is 1. The molecule has 2 fully saturated rings. The maximum atomic E-state index is 13.1. The standard InChI is InChI=1S/C20H23N5O5S/c1-29-19(26)17-10-23-20(30-17)24-11-14(12-24)31(27,28)25-7-4-13(5-8-25)16-9-22-18-15(16)3-2-6-21-18/h2-3,6,9-10,13-14H,4-5,7-8,11-12H2,1H3,(H,21,22). The monoisotopic (exact) mass is 445 g/mol. The molecule has 2 aliphatic heterocycles. The fourth-order valence-corrected chi connectivity index (χ4v) is 6.21. The third-order valence-corrected chi connectivity index (χ3v) is 8.38. The number of methoxy groups -OCH3 is 1. The quantitative estimate of drug-likeness (QED) is 0.590. The van der Waals surface area contributed by atoms with Gasteiger partial charge in [0.2, 0.25) is 15.8 Å². The predicted octanol–water partition coefficient (Wildman–Crippen LogP) is 1.74. The highest BCUT2D eigenvalue weighted by Crippen LogP contribution is 2.35. The highest BCUT2D eigenvalue weighted by atomic mass is 32.2. The molecular weight excluding hydrogens is 422 g/mol. The number of ether oxygens (including phenoxy) is 1. The lowest BCUT2D eigenvalue weighted by Gasteiger charge is -2.41. The zero-order chi connectivity index (χ0) is 21.6. The van der Waals surface area contributed by atoms with Crippen LogP contribution in [0.5, 0.6) is 0 Å².